The van der Waals surface area contributed by atoms with Gasteiger partial charge in [-0.1, -0.05) is 0 Å². The lowest BCUT2D eigenvalue weighted by atomic mass is 10.5. The molecule has 0 aromatic rings. The first-order chi connectivity index (χ1) is 8.77. The molecule has 0 aliphatic carbocycles. The maximum Gasteiger partial charge on any atom is 0.335 e. The van der Waals surface area contributed by atoms with Crippen molar-refractivity contribution in [2.75, 3.05) is 20.8 Å². The average molecular weight is 268 g/mol. The van der Waals surface area contributed by atoms with Crippen molar-refractivity contribution >= 4 is 35.7 Å². The Morgan fingerprint density at radius 1 is 0.632 bits per heavy atom. The summed E-state index contributed by atoms with van der Waals surface area (Å²) in [7, 11) is 2.18. The van der Waals surface area contributed by atoms with Crippen molar-refractivity contribution in [1.29, 1.82) is 0 Å². The molecule has 2 aliphatic rings. The number of urea groups is 2. The molecule has 0 spiro atoms. The first kappa shape index (κ1) is 12.7. The largest absolute Gasteiger partial charge is 0.335 e. The predicted molar refractivity (Wildman–Crippen MR) is 54.9 cm³/mol. The Kier molecular flexibility index (Phi) is 2.58. The Labute approximate surface area is 106 Å². The maximum atomic E-state index is 11.6. The first-order valence-corrected chi connectivity index (χ1v) is 5.04. The molecule has 0 N–H and O–H groups in total. The van der Waals surface area contributed by atoms with Crippen molar-refractivity contribution < 1.29 is 28.8 Å². The van der Waals surface area contributed by atoms with E-state index in [2.05, 4.69) is 0 Å². The van der Waals surface area contributed by atoms with Crippen LogP contribution in [0.4, 0.5) is 9.59 Å². The summed E-state index contributed by atoms with van der Waals surface area (Å²) >= 11 is 0. The zero-order valence-electron chi connectivity index (χ0n) is 9.95. The molecule has 2 rings (SSSR count). The molecule has 100 valence electrons. The molecular formula is C9H8N4O6. The van der Waals surface area contributed by atoms with Gasteiger partial charge in [0.1, 0.15) is 6.67 Å². The van der Waals surface area contributed by atoms with Gasteiger partial charge < -0.3 is 0 Å². The minimum Gasteiger partial charge on any atom is -0.263 e. The lowest BCUT2D eigenvalue weighted by Gasteiger charge is -2.18. The highest BCUT2D eigenvalue weighted by atomic mass is 16.2. The van der Waals surface area contributed by atoms with E-state index < -0.39 is 42.4 Å². The lowest BCUT2D eigenvalue weighted by molar-refractivity contribution is -0.146. The van der Waals surface area contributed by atoms with E-state index in [0.717, 1.165) is 14.1 Å². The number of likely N-dealkylation sites (N-methyl/N-ethyl adjacent to an activating group) is 2. The van der Waals surface area contributed by atoms with Gasteiger partial charge in [-0.25, -0.2) is 19.4 Å². The highest BCUT2D eigenvalue weighted by Crippen LogP contribution is 2.15. The van der Waals surface area contributed by atoms with Crippen LogP contribution >= 0.6 is 0 Å². The quantitative estimate of drug-likeness (QED) is 0.414. The molecular weight excluding hydrogens is 260 g/mol. The van der Waals surface area contributed by atoms with E-state index >= 15 is 0 Å². The van der Waals surface area contributed by atoms with Crippen molar-refractivity contribution in [3.63, 3.8) is 0 Å². The Morgan fingerprint density at radius 3 is 1.16 bits per heavy atom. The maximum absolute atomic E-state index is 11.6. The molecule has 2 fully saturated rings. The van der Waals surface area contributed by atoms with Crippen LogP contribution in [0.15, 0.2) is 0 Å². The van der Waals surface area contributed by atoms with Crippen LogP contribution in [0, 0.1) is 0 Å². The Hall–Kier alpha value is -2.78. The standard InChI is InChI=1S/C9H8N4O6/c1-10-4(14)6(16)12(8(10)18)3-13-7(17)5(15)11(2)9(13)19/h3H2,1-2H3. The molecule has 0 radical (unpaired) electrons. The topological polar surface area (TPSA) is 115 Å². The minimum absolute atomic E-state index is 0.421. The van der Waals surface area contributed by atoms with E-state index in [1.54, 1.807) is 0 Å². The van der Waals surface area contributed by atoms with Gasteiger partial charge in [0.15, 0.2) is 0 Å². The first-order valence-electron chi connectivity index (χ1n) is 5.04. The Bertz CT molecular complexity index is 507. The van der Waals surface area contributed by atoms with Crippen LogP contribution in [0.1, 0.15) is 0 Å². The Morgan fingerprint density at radius 2 is 0.947 bits per heavy atom. The summed E-state index contributed by atoms with van der Waals surface area (Å²) < 4.78 is 0. The summed E-state index contributed by atoms with van der Waals surface area (Å²) in [6, 6.07) is -1.92. The van der Waals surface area contributed by atoms with Crippen molar-refractivity contribution in [2.45, 2.75) is 0 Å². The Balaban J connectivity index is 2.23. The van der Waals surface area contributed by atoms with E-state index in [0.29, 0.717) is 19.6 Å². The van der Waals surface area contributed by atoms with Gasteiger partial charge in [0.05, 0.1) is 0 Å². The number of hydrogen-bond acceptors (Lipinski definition) is 6. The van der Waals surface area contributed by atoms with Crippen LogP contribution in [-0.4, -0.2) is 76.1 Å². The van der Waals surface area contributed by atoms with Crippen molar-refractivity contribution in [1.82, 2.24) is 19.6 Å². The molecule has 8 amide bonds. The van der Waals surface area contributed by atoms with E-state index in [4.69, 9.17) is 0 Å². The summed E-state index contributed by atoms with van der Waals surface area (Å²) in [5.74, 6) is -4.45. The molecule has 2 heterocycles. The van der Waals surface area contributed by atoms with E-state index in [9.17, 15) is 28.8 Å². The van der Waals surface area contributed by atoms with Gasteiger partial charge in [-0.15, -0.1) is 0 Å². The van der Waals surface area contributed by atoms with Gasteiger partial charge in [0.25, 0.3) is 0 Å². The second-order valence-electron chi connectivity index (χ2n) is 3.90. The summed E-state index contributed by atoms with van der Waals surface area (Å²) in [6.07, 6.45) is 0. The highest BCUT2D eigenvalue weighted by molar-refractivity contribution is 6.46. The third-order valence-electron chi connectivity index (χ3n) is 2.78. The number of carbonyl (C=O) groups is 6. The van der Waals surface area contributed by atoms with Crippen LogP contribution < -0.4 is 0 Å². The third kappa shape index (κ3) is 1.57. The van der Waals surface area contributed by atoms with E-state index in [1.807, 2.05) is 0 Å². The summed E-state index contributed by atoms with van der Waals surface area (Å²) in [6.45, 7) is -0.762. The third-order valence-corrected chi connectivity index (χ3v) is 2.78. The number of nitrogens with zero attached hydrogens (tertiary/aromatic N) is 4. The molecule has 2 saturated heterocycles. The fourth-order valence-corrected chi connectivity index (χ4v) is 1.62. The molecule has 0 aromatic carbocycles. The van der Waals surface area contributed by atoms with Crippen LogP contribution in [0.5, 0.6) is 0 Å². The number of rotatable bonds is 2. The minimum atomic E-state index is -1.16. The van der Waals surface area contributed by atoms with Crippen molar-refractivity contribution in [3.8, 4) is 0 Å². The molecule has 0 saturated carbocycles. The van der Waals surface area contributed by atoms with Gasteiger partial charge in [0.2, 0.25) is 0 Å². The van der Waals surface area contributed by atoms with Crippen LogP contribution in [0.2, 0.25) is 0 Å². The fraction of sp³-hybridized carbons (Fsp3) is 0.333. The fourth-order valence-electron chi connectivity index (χ4n) is 1.62. The van der Waals surface area contributed by atoms with Gasteiger partial charge >= 0.3 is 35.7 Å². The molecule has 2 aliphatic heterocycles. The lowest BCUT2D eigenvalue weighted by Crippen LogP contribution is -2.45. The number of hydrogen-bond donors (Lipinski definition) is 0. The summed E-state index contributed by atoms with van der Waals surface area (Å²) in [5.41, 5.74) is 0. The zero-order valence-corrected chi connectivity index (χ0v) is 9.95. The van der Waals surface area contributed by atoms with Crippen molar-refractivity contribution in [2.24, 2.45) is 0 Å². The molecule has 10 nitrogen and oxygen atoms in total. The van der Waals surface area contributed by atoms with E-state index in [1.165, 1.54) is 0 Å². The second kappa shape index (κ2) is 3.86. The highest BCUT2D eigenvalue weighted by Gasteiger charge is 2.48. The van der Waals surface area contributed by atoms with Crippen LogP contribution in [-0.2, 0) is 19.2 Å². The second-order valence-corrected chi connectivity index (χ2v) is 3.90. The zero-order chi connectivity index (χ0) is 14.5. The molecule has 19 heavy (non-hydrogen) atoms. The molecule has 0 aromatic heterocycles. The predicted octanol–water partition coefficient (Wildman–Crippen LogP) is -2.21. The summed E-state index contributed by atoms with van der Waals surface area (Å²) in [5, 5.41) is 0. The molecule has 0 bridgehead atoms. The van der Waals surface area contributed by atoms with Gasteiger partial charge in [-0.05, 0) is 0 Å². The smallest absolute Gasteiger partial charge is 0.263 e. The molecule has 0 atom stereocenters. The van der Waals surface area contributed by atoms with E-state index in [-0.39, 0.29) is 0 Å². The SMILES string of the molecule is CN1C(=O)C(=O)N(CN2C(=O)C(=O)N(C)C2=O)C1=O. The van der Waals surface area contributed by atoms with Crippen LogP contribution in [0.3, 0.4) is 0 Å². The normalized spacial score (nSPS) is 20.5. The van der Waals surface area contributed by atoms with Crippen molar-refractivity contribution in [3.05, 3.63) is 0 Å². The number of amides is 8. The van der Waals surface area contributed by atoms with Gasteiger partial charge in [0, 0.05) is 14.1 Å². The molecule has 0 unspecified atom stereocenters. The average Bonchev–Trinajstić information content (AvgIpc) is 2.68. The van der Waals surface area contributed by atoms with Gasteiger partial charge in [-0.3, -0.25) is 29.0 Å². The number of imide groups is 4. The summed E-state index contributed by atoms with van der Waals surface area (Å²) in [4.78, 5) is 70.4. The number of carbonyl (C=O) groups excluding carboxylic acids is 6. The molecule has 10 heteroatoms. The van der Waals surface area contributed by atoms with Gasteiger partial charge in [-0.2, -0.15) is 0 Å². The van der Waals surface area contributed by atoms with Crippen LogP contribution in [0.25, 0.3) is 0 Å². The monoisotopic (exact) mass is 268 g/mol.